The number of nitrogens with one attached hydrogen (secondary N) is 1. The molecule has 1 aromatic rings. The highest BCUT2D eigenvalue weighted by Crippen LogP contribution is 2.27. The molecular formula is C19H29ClN2O5. The highest BCUT2D eigenvalue weighted by Gasteiger charge is 2.27. The Morgan fingerprint density at radius 1 is 1.22 bits per heavy atom. The number of phenolic OH excluding ortho intramolecular Hbond substituents is 2. The van der Waals surface area contributed by atoms with Gasteiger partial charge in [0.15, 0.2) is 11.5 Å². The summed E-state index contributed by atoms with van der Waals surface area (Å²) in [4.78, 5) is 24.5. The monoisotopic (exact) mass is 400 g/mol. The summed E-state index contributed by atoms with van der Waals surface area (Å²) < 4.78 is 4.76. The summed E-state index contributed by atoms with van der Waals surface area (Å²) in [6.45, 7) is 0. The standard InChI is InChI=1S/C19H28N2O5.ClH/c1-26-19(25)15(10-13-7-8-16(22)17(23)11-13)21-18(24)14(20)9-12-5-3-2-4-6-12;/h7-8,11-12,14-15,22-23H,2-6,9-10,20H2,1H3,(H,21,24);1H/t14-,15-;/m0./s1. The van der Waals surface area contributed by atoms with Crippen molar-refractivity contribution in [3.8, 4) is 11.5 Å². The van der Waals surface area contributed by atoms with E-state index in [9.17, 15) is 19.8 Å². The van der Waals surface area contributed by atoms with Crippen LogP contribution < -0.4 is 11.1 Å². The van der Waals surface area contributed by atoms with Gasteiger partial charge in [0.25, 0.3) is 0 Å². The number of carbonyl (C=O) groups is 2. The maximum absolute atomic E-state index is 12.4. The fraction of sp³-hybridized carbons (Fsp3) is 0.579. The molecule has 5 N–H and O–H groups in total. The van der Waals surface area contributed by atoms with Gasteiger partial charge in [0.1, 0.15) is 6.04 Å². The molecule has 7 nitrogen and oxygen atoms in total. The number of esters is 1. The van der Waals surface area contributed by atoms with Crippen LogP contribution in [0.3, 0.4) is 0 Å². The summed E-state index contributed by atoms with van der Waals surface area (Å²) in [5.74, 6) is -1.05. The molecular weight excluding hydrogens is 372 g/mol. The van der Waals surface area contributed by atoms with Gasteiger partial charge in [-0.1, -0.05) is 38.2 Å². The molecule has 1 amide bonds. The maximum Gasteiger partial charge on any atom is 0.328 e. The van der Waals surface area contributed by atoms with Crippen LogP contribution in [0.2, 0.25) is 0 Å². The van der Waals surface area contributed by atoms with Crippen molar-refractivity contribution in [2.45, 2.75) is 57.0 Å². The lowest BCUT2D eigenvalue weighted by atomic mass is 9.85. The van der Waals surface area contributed by atoms with Crippen LogP contribution in [0.25, 0.3) is 0 Å². The molecule has 0 heterocycles. The first-order valence-electron chi connectivity index (χ1n) is 9.05. The smallest absolute Gasteiger partial charge is 0.328 e. The van der Waals surface area contributed by atoms with Crippen LogP contribution in [0.1, 0.15) is 44.1 Å². The number of hydrogen-bond acceptors (Lipinski definition) is 6. The van der Waals surface area contributed by atoms with Gasteiger partial charge in [0.05, 0.1) is 13.2 Å². The molecule has 8 heteroatoms. The molecule has 1 saturated carbocycles. The van der Waals surface area contributed by atoms with E-state index in [0.29, 0.717) is 17.9 Å². The minimum absolute atomic E-state index is 0. The number of amides is 1. The molecule has 1 aliphatic rings. The third-order valence-electron chi connectivity index (χ3n) is 4.93. The molecule has 0 bridgehead atoms. The predicted octanol–water partition coefficient (Wildman–Crippen LogP) is 2.02. The van der Waals surface area contributed by atoms with Gasteiger partial charge >= 0.3 is 5.97 Å². The molecule has 0 radical (unpaired) electrons. The van der Waals surface area contributed by atoms with Gasteiger partial charge in [0, 0.05) is 6.42 Å². The topological polar surface area (TPSA) is 122 Å². The lowest BCUT2D eigenvalue weighted by Crippen LogP contribution is -2.50. The molecule has 0 saturated heterocycles. The Hall–Kier alpha value is -1.99. The fourth-order valence-corrected chi connectivity index (χ4v) is 3.43. The number of rotatable bonds is 7. The number of carbonyl (C=O) groups excluding carboxylic acids is 2. The summed E-state index contributed by atoms with van der Waals surface area (Å²) >= 11 is 0. The van der Waals surface area contributed by atoms with E-state index in [1.54, 1.807) is 6.07 Å². The fourth-order valence-electron chi connectivity index (χ4n) is 3.43. The van der Waals surface area contributed by atoms with E-state index in [1.165, 1.54) is 38.5 Å². The number of benzene rings is 1. The first kappa shape index (κ1) is 23.0. The van der Waals surface area contributed by atoms with Crippen LogP contribution in [0.4, 0.5) is 0 Å². The summed E-state index contributed by atoms with van der Waals surface area (Å²) in [5.41, 5.74) is 6.62. The Bertz CT molecular complexity index is 635. The van der Waals surface area contributed by atoms with Crippen molar-refractivity contribution in [2.75, 3.05) is 7.11 Å². The van der Waals surface area contributed by atoms with Gasteiger partial charge in [0.2, 0.25) is 5.91 Å². The molecule has 27 heavy (non-hydrogen) atoms. The van der Waals surface area contributed by atoms with Gasteiger partial charge in [-0.2, -0.15) is 0 Å². The van der Waals surface area contributed by atoms with Crippen molar-refractivity contribution in [1.29, 1.82) is 0 Å². The van der Waals surface area contributed by atoms with E-state index in [0.717, 1.165) is 12.8 Å². The third-order valence-corrected chi connectivity index (χ3v) is 4.93. The van der Waals surface area contributed by atoms with Crippen molar-refractivity contribution < 1.29 is 24.5 Å². The van der Waals surface area contributed by atoms with E-state index in [1.807, 2.05) is 0 Å². The second-order valence-electron chi connectivity index (χ2n) is 6.96. The van der Waals surface area contributed by atoms with E-state index >= 15 is 0 Å². The lowest BCUT2D eigenvalue weighted by Gasteiger charge is -2.25. The van der Waals surface area contributed by atoms with Crippen molar-refractivity contribution in [3.05, 3.63) is 23.8 Å². The molecule has 1 aliphatic carbocycles. The minimum Gasteiger partial charge on any atom is -0.504 e. The lowest BCUT2D eigenvalue weighted by molar-refractivity contribution is -0.145. The molecule has 2 atom stereocenters. The Balaban J connectivity index is 0.00000364. The zero-order valence-corrected chi connectivity index (χ0v) is 16.3. The van der Waals surface area contributed by atoms with Crippen LogP contribution in [-0.2, 0) is 20.7 Å². The highest BCUT2D eigenvalue weighted by atomic mass is 35.5. The quantitative estimate of drug-likeness (QED) is 0.410. The summed E-state index contributed by atoms with van der Waals surface area (Å²) in [6.07, 6.45) is 6.51. The number of nitrogens with two attached hydrogens (primary N) is 1. The van der Waals surface area contributed by atoms with Crippen LogP contribution >= 0.6 is 12.4 Å². The Labute approximate surface area is 165 Å². The maximum atomic E-state index is 12.4. The molecule has 152 valence electrons. The summed E-state index contributed by atoms with van der Waals surface area (Å²) in [6, 6.07) is 2.67. The Morgan fingerprint density at radius 2 is 1.89 bits per heavy atom. The number of halogens is 1. The van der Waals surface area contributed by atoms with E-state index < -0.39 is 18.1 Å². The minimum atomic E-state index is -0.908. The van der Waals surface area contributed by atoms with Crippen LogP contribution in [0, 0.1) is 5.92 Å². The van der Waals surface area contributed by atoms with Crippen molar-refractivity contribution in [3.63, 3.8) is 0 Å². The van der Waals surface area contributed by atoms with Gasteiger partial charge in [-0.05, 0) is 30.0 Å². The average molecular weight is 401 g/mol. The molecule has 0 spiro atoms. The summed E-state index contributed by atoms with van der Waals surface area (Å²) in [7, 11) is 1.25. The zero-order chi connectivity index (χ0) is 19.1. The highest BCUT2D eigenvalue weighted by molar-refractivity contribution is 5.87. The van der Waals surface area contributed by atoms with Crippen LogP contribution in [-0.4, -0.2) is 41.3 Å². The van der Waals surface area contributed by atoms with Crippen molar-refractivity contribution in [2.24, 2.45) is 11.7 Å². The second kappa shape index (κ2) is 11.0. The SMILES string of the molecule is COC(=O)[C@H](Cc1ccc(O)c(O)c1)NC(=O)[C@@H](N)CC1CCCCC1.Cl. The summed E-state index contributed by atoms with van der Waals surface area (Å²) in [5, 5.41) is 21.6. The normalized spacial score (nSPS) is 16.7. The van der Waals surface area contributed by atoms with Gasteiger partial charge < -0.3 is 26.0 Å². The van der Waals surface area contributed by atoms with Crippen molar-refractivity contribution in [1.82, 2.24) is 5.32 Å². The number of aromatic hydroxyl groups is 2. The van der Waals surface area contributed by atoms with Crippen molar-refractivity contribution >= 4 is 24.3 Å². The second-order valence-corrected chi connectivity index (χ2v) is 6.96. The van der Waals surface area contributed by atoms with E-state index in [-0.39, 0.29) is 36.2 Å². The first-order valence-corrected chi connectivity index (χ1v) is 9.05. The van der Waals surface area contributed by atoms with E-state index in [4.69, 9.17) is 10.5 Å². The van der Waals surface area contributed by atoms with Gasteiger partial charge in [-0.25, -0.2) is 4.79 Å². The third kappa shape index (κ3) is 6.92. The molecule has 1 aromatic carbocycles. The largest absolute Gasteiger partial charge is 0.504 e. The number of hydrogen-bond donors (Lipinski definition) is 4. The molecule has 0 aromatic heterocycles. The van der Waals surface area contributed by atoms with E-state index in [2.05, 4.69) is 5.32 Å². The molecule has 0 unspecified atom stereocenters. The van der Waals surface area contributed by atoms with Gasteiger partial charge in [-0.15, -0.1) is 12.4 Å². The zero-order valence-electron chi connectivity index (χ0n) is 15.5. The molecule has 2 rings (SSSR count). The number of phenols is 2. The molecule has 1 fully saturated rings. The Morgan fingerprint density at radius 3 is 2.48 bits per heavy atom. The van der Waals surface area contributed by atoms with Gasteiger partial charge in [-0.3, -0.25) is 4.79 Å². The first-order chi connectivity index (χ1) is 12.4. The average Bonchev–Trinajstić information content (AvgIpc) is 2.64. The number of ether oxygens (including phenoxy) is 1. The molecule has 0 aliphatic heterocycles. The number of methoxy groups -OCH3 is 1. The van der Waals surface area contributed by atoms with Crippen LogP contribution in [0.5, 0.6) is 11.5 Å². The van der Waals surface area contributed by atoms with Crippen LogP contribution in [0.15, 0.2) is 18.2 Å². The predicted molar refractivity (Wildman–Crippen MR) is 104 cm³/mol. The Kier molecular flexibility index (Phi) is 9.38.